The first-order valence-corrected chi connectivity index (χ1v) is 8.63. The van der Waals surface area contributed by atoms with E-state index in [1.165, 1.54) is 0 Å². The number of para-hydroxylation sites is 2. The SMILES string of the molecule is CC[C@H](C)c1ccccc1NC(=O)COC(=O)c1cc2ccccc2o1. The zero-order valence-corrected chi connectivity index (χ0v) is 14.8. The number of hydrogen-bond acceptors (Lipinski definition) is 4. The first-order valence-electron chi connectivity index (χ1n) is 8.63. The second kappa shape index (κ2) is 7.87. The third-order valence-corrected chi connectivity index (χ3v) is 4.34. The van der Waals surface area contributed by atoms with Crippen LogP contribution in [0.5, 0.6) is 0 Å². The molecule has 2 aromatic carbocycles. The smallest absolute Gasteiger partial charge is 0.374 e. The third-order valence-electron chi connectivity index (χ3n) is 4.34. The highest BCUT2D eigenvalue weighted by Crippen LogP contribution is 2.26. The third kappa shape index (κ3) is 3.94. The van der Waals surface area contributed by atoms with Crippen LogP contribution in [0.2, 0.25) is 0 Å². The van der Waals surface area contributed by atoms with Crippen LogP contribution in [0.3, 0.4) is 0 Å². The Bertz CT molecular complexity index is 895. The Balaban J connectivity index is 1.61. The largest absolute Gasteiger partial charge is 0.450 e. The number of hydrogen-bond donors (Lipinski definition) is 1. The maximum absolute atomic E-state index is 12.2. The second-order valence-corrected chi connectivity index (χ2v) is 6.17. The van der Waals surface area contributed by atoms with Gasteiger partial charge in [0, 0.05) is 11.1 Å². The molecule has 1 aromatic heterocycles. The van der Waals surface area contributed by atoms with Gasteiger partial charge in [-0.25, -0.2) is 4.79 Å². The minimum atomic E-state index is -0.661. The Labute approximate surface area is 152 Å². The zero-order valence-electron chi connectivity index (χ0n) is 14.8. The molecule has 134 valence electrons. The molecule has 0 aliphatic heterocycles. The highest BCUT2D eigenvalue weighted by Gasteiger charge is 2.16. The van der Waals surface area contributed by atoms with Crippen molar-refractivity contribution in [1.82, 2.24) is 0 Å². The van der Waals surface area contributed by atoms with E-state index in [0.29, 0.717) is 11.5 Å². The number of anilines is 1. The van der Waals surface area contributed by atoms with Crippen LogP contribution in [0.25, 0.3) is 11.0 Å². The van der Waals surface area contributed by atoms with Crippen molar-refractivity contribution in [3.8, 4) is 0 Å². The summed E-state index contributed by atoms with van der Waals surface area (Å²) in [5.74, 6) is -0.639. The number of fused-ring (bicyclic) bond motifs is 1. The van der Waals surface area contributed by atoms with Crippen LogP contribution in [-0.4, -0.2) is 18.5 Å². The molecule has 0 aliphatic rings. The monoisotopic (exact) mass is 351 g/mol. The molecule has 3 aromatic rings. The molecule has 0 saturated carbocycles. The fourth-order valence-corrected chi connectivity index (χ4v) is 2.73. The van der Waals surface area contributed by atoms with Crippen molar-refractivity contribution in [3.63, 3.8) is 0 Å². The lowest BCUT2D eigenvalue weighted by Crippen LogP contribution is -2.21. The van der Waals surface area contributed by atoms with Crippen molar-refractivity contribution in [2.75, 3.05) is 11.9 Å². The van der Waals surface area contributed by atoms with E-state index in [4.69, 9.17) is 9.15 Å². The summed E-state index contributed by atoms with van der Waals surface area (Å²) >= 11 is 0. The summed E-state index contributed by atoms with van der Waals surface area (Å²) in [5, 5.41) is 3.62. The molecule has 1 N–H and O–H groups in total. The number of esters is 1. The quantitative estimate of drug-likeness (QED) is 0.651. The molecular weight excluding hydrogens is 330 g/mol. The van der Waals surface area contributed by atoms with E-state index in [0.717, 1.165) is 23.1 Å². The van der Waals surface area contributed by atoms with Crippen LogP contribution in [0.4, 0.5) is 5.69 Å². The molecule has 0 fully saturated rings. The highest BCUT2D eigenvalue weighted by molar-refractivity contribution is 5.96. The number of rotatable bonds is 6. The van der Waals surface area contributed by atoms with Crippen molar-refractivity contribution in [2.24, 2.45) is 0 Å². The lowest BCUT2D eigenvalue weighted by Gasteiger charge is -2.15. The highest BCUT2D eigenvalue weighted by atomic mass is 16.5. The number of carbonyl (C=O) groups is 2. The van der Waals surface area contributed by atoms with Crippen molar-refractivity contribution < 1.29 is 18.7 Å². The summed E-state index contributed by atoms with van der Waals surface area (Å²) in [7, 11) is 0. The normalized spacial score (nSPS) is 11.9. The van der Waals surface area contributed by atoms with Crippen molar-refractivity contribution in [1.29, 1.82) is 0 Å². The summed E-state index contributed by atoms with van der Waals surface area (Å²) in [4.78, 5) is 24.3. The molecule has 0 aliphatic carbocycles. The summed E-state index contributed by atoms with van der Waals surface area (Å²) < 4.78 is 10.5. The van der Waals surface area contributed by atoms with E-state index in [1.54, 1.807) is 12.1 Å². The van der Waals surface area contributed by atoms with E-state index < -0.39 is 5.97 Å². The van der Waals surface area contributed by atoms with Gasteiger partial charge in [-0.1, -0.05) is 50.2 Å². The molecule has 1 amide bonds. The average molecular weight is 351 g/mol. The van der Waals surface area contributed by atoms with Gasteiger partial charge in [-0.15, -0.1) is 0 Å². The molecule has 1 heterocycles. The zero-order chi connectivity index (χ0) is 18.5. The van der Waals surface area contributed by atoms with Gasteiger partial charge in [-0.05, 0) is 36.1 Å². The number of nitrogens with one attached hydrogen (secondary N) is 1. The molecule has 0 saturated heterocycles. The van der Waals surface area contributed by atoms with Gasteiger partial charge < -0.3 is 14.5 Å². The molecule has 0 bridgehead atoms. The Morgan fingerprint density at radius 3 is 2.62 bits per heavy atom. The second-order valence-electron chi connectivity index (χ2n) is 6.17. The summed E-state index contributed by atoms with van der Waals surface area (Å²) in [6, 6.07) is 16.5. The maximum atomic E-state index is 12.2. The fraction of sp³-hybridized carbons (Fsp3) is 0.238. The maximum Gasteiger partial charge on any atom is 0.374 e. The van der Waals surface area contributed by atoms with Crippen LogP contribution in [0.15, 0.2) is 59.0 Å². The van der Waals surface area contributed by atoms with Gasteiger partial charge in [0.1, 0.15) is 5.58 Å². The van der Waals surface area contributed by atoms with Crippen LogP contribution in [0, 0.1) is 0 Å². The van der Waals surface area contributed by atoms with E-state index in [9.17, 15) is 9.59 Å². The van der Waals surface area contributed by atoms with Crippen LogP contribution < -0.4 is 5.32 Å². The molecule has 0 unspecified atom stereocenters. The first kappa shape index (κ1) is 17.7. The number of amides is 1. The molecular formula is C21H21NO4. The molecule has 5 nitrogen and oxygen atoms in total. The number of furan rings is 1. The van der Waals surface area contributed by atoms with Crippen LogP contribution in [0.1, 0.15) is 42.3 Å². The van der Waals surface area contributed by atoms with Gasteiger partial charge in [-0.3, -0.25) is 4.79 Å². The summed E-state index contributed by atoms with van der Waals surface area (Å²) in [6.07, 6.45) is 0.966. The Morgan fingerprint density at radius 2 is 1.85 bits per heavy atom. The predicted octanol–water partition coefficient (Wildman–Crippen LogP) is 4.74. The van der Waals surface area contributed by atoms with Gasteiger partial charge >= 0.3 is 5.97 Å². The minimum Gasteiger partial charge on any atom is -0.450 e. The van der Waals surface area contributed by atoms with Gasteiger partial charge in [0.2, 0.25) is 5.76 Å². The van der Waals surface area contributed by atoms with Crippen molar-refractivity contribution >= 4 is 28.5 Å². The average Bonchev–Trinajstić information content (AvgIpc) is 3.10. The standard InChI is InChI=1S/C21H21NO4/c1-3-14(2)16-9-5-6-10-17(16)22-20(23)13-25-21(24)19-12-15-8-4-7-11-18(15)26-19/h4-12,14H,3,13H2,1-2H3,(H,22,23)/t14-/m0/s1. The predicted molar refractivity (Wildman–Crippen MR) is 100 cm³/mol. The molecule has 1 atom stereocenters. The molecule has 0 radical (unpaired) electrons. The minimum absolute atomic E-state index is 0.0824. The van der Waals surface area contributed by atoms with Crippen molar-refractivity contribution in [3.05, 3.63) is 65.9 Å². The Hall–Kier alpha value is -3.08. The first-order chi connectivity index (χ1) is 12.6. The Kier molecular flexibility index (Phi) is 5.37. The molecule has 0 spiro atoms. The van der Waals surface area contributed by atoms with E-state index in [1.807, 2.05) is 42.5 Å². The van der Waals surface area contributed by atoms with E-state index >= 15 is 0 Å². The topological polar surface area (TPSA) is 68.5 Å². The number of carbonyl (C=O) groups excluding carboxylic acids is 2. The Morgan fingerprint density at radius 1 is 1.12 bits per heavy atom. The lowest BCUT2D eigenvalue weighted by atomic mass is 9.97. The fourth-order valence-electron chi connectivity index (χ4n) is 2.73. The van der Waals surface area contributed by atoms with Crippen molar-refractivity contribution in [2.45, 2.75) is 26.2 Å². The number of ether oxygens (including phenoxy) is 1. The van der Waals surface area contributed by atoms with E-state index in [-0.39, 0.29) is 18.3 Å². The van der Waals surface area contributed by atoms with Gasteiger partial charge in [-0.2, -0.15) is 0 Å². The van der Waals surface area contributed by atoms with Gasteiger partial charge in [0.25, 0.3) is 5.91 Å². The molecule has 5 heteroatoms. The number of benzene rings is 2. The molecule has 3 rings (SSSR count). The molecule has 26 heavy (non-hydrogen) atoms. The van der Waals surface area contributed by atoms with Gasteiger partial charge in [0.15, 0.2) is 6.61 Å². The summed E-state index contributed by atoms with van der Waals surface area (Å²) in [5.41, 5.74) is 2.41. The van der Waals surface area contributed by atoms with Crippen LogP contribution >= 0.6 is 0 Å². The lowest BCUT2D eigenvalue weighted by molar-refractivity contribution is -0.119. The van der Waals surface area contributed by atoms with Crippen LogP contribution in [-0.2, 0) is 9.53 Å². The summed E-state index contributed by atoms with van der Waals surface area (Å²) in [6.45, 7) is 3.83. The van der Waals surface area contributed by atoms with E-state index in [2.05, 4.69) is 19.2 Å². The van der Waals surface area contributed by atoms with Gasteiger partial charge in [0.05, 0.1) is 0 Å².